The van der Waals surface area contributed by atoms with E-state index in [4.69, 9.17) is 0 Å². The summed E-state index contributed by atoms with van der Waals surface area (Å²) in [6.45, 7) is 5.00. The van der Waals surface area contributed by atoms with E-state index in [9.17, 15) is 0 Å². The van der Waals surface area contributed by atoms with Crippen molar-refractivity contribution >= 4 is 0 Å². The largest absolute Gasteiger partial charge is 0.346 e. The molecule has 0 bridgehead atoms. The van der Waals surface area contributed by atoms with Crippen molar-refractivity contribution in [2.24, 2.45) is 0 Å². The van der Waals surface area contributed by atoms with Gasteiger partial charge in [-0.3, -0.25) is 0 Å². The Morgan fingerprint density at radius 3 is 1.00 bits per heavy atom. The van der Waals surface area contributed by atoms with Crippen LogP contribution in [0, 0.1) is 6.92 Å². The van der Waals surface area contributed by atoms with E-state index in [2.05, 4.69) is 6.92 Å². The molecule has 0 N–H and O–H groups in total. The molecule has 0 fully saturated rings. The molecule has 0 aliphatic carbocycles. The van der Waals surface area contributed by atoms with E-state index in [-0.39, 0.29) is 0 Å². The Morgan fingerprint density at radius 1 is 1.00 bits per heavy atom. The summed E-state index contributed by atoms with van der Waals surface area (Å²) in [4.78, 5) is 0. The topological polar surface area (TPSA) is 0 Å². The monoisotopic (exact) mass is 563 g/mol. The Bertz CT molecular complexity index is 4.00. The smallest absolute Gasteiger partial charge is 0 e. The van der Waals surface area contributed by atoms with Gasteiger partial charge in [0.25, 0.3) is 0 Å². The molecular weight excluding hydrogens is 558 g/mol. The summed E-state index contributed by atoms with van der Waals surface area (Å²) in [7, 11) is 0. The van der Waals surface area contributed by atoms with Crippen molar-refractivity contribution in [3.8, 4) is 0 Å². The molecule has 0 aromatic heterocycles. The van der Waals surface area contributed by atoms with Gasteiger partial charge in [0.15, 0.2) is 0 Å². The second-order valence-corrected chi connectivity index (χ2v) is 0. The molecule has 0 spiro atoms. The number of hydrogen-bond donors (Lipinski definition) is 0. The maximum Gasteiger partial charge on any atom is 0 e. The van der Waals surface area contributed by atoms with E-state index in [1.165, 1.54) is 0 Å². The molecule has 0 aliphatic heterocycles. The fraction of sp³-hybridized carbons (Fsp3) is 0.500. The summed E-state index contributed by atoms with van der Waals surface area (Å²) in [6.07, 6.45) is 0. The van der Waals surface area contributed by atoms with Gasteiger partial charge in [0.05, 0.1) is 0 Å². The SMILES string of the molecule is [CH2-]C.[Rf].[Rf]. The van der Waals surface area contributed by atoms with Crippen molar-refractivity contribution in [3.63, 3.8) is 0 Å². The van der Waals surface area contributed by atoms with Gasteiger partial charge in [-0.1, -0.05) is 0 Å². The van der Waals surface area contributed by atoms with Gasteiger partial charge >= 0.3 is 0 Å². The fourth-order valence-electron chi connectivity index (χ4n) is 0. The van der Waals surface area contributed by atoms with Gasteiger partial charge in [-0.05, 0) is 0 Å². The van der Waals surface area contributed by atoms with Crippen LogP contribution in [-0.2, 0) is 0 Å². The Hall–Kier alpha value is -2.00. The standard InChI is InChI=1S/C2H5.2Rf/c1-2;;/h1H2,2H3;;/q-1;;. The molecule has 0 nitrogen and oxygen atoms in total. The van der Waals surface area contributed by atoms with Crippen molar-refractivity contribution in [1.29, 1.82) is 0 Å². The zero-order chi connectivity index (χ0) is 2.00. The van der Waals surface area contributed by atoms with Gasteiger partial charge in [-0.25, -0.2) is 0 Å². The molecule has 0 amide bonds. The summed E-state index contributed by atoms with van der Waals surface area (Å²) in [5, 5.41) is 0. The predicted molar refractivity (Wildman–Crippen MR) is 11.0 cm³/mol. The van der Waals surface area contributed by atoms with Crippen LogP contribution in [0.2, 0.25) is 0 Å². The third-order valence-electron chi connectivity index (χ3n) is 0. The molecule has 0 aromatic rings. The molecule has 4 heavy (non-hydrogen) atoms. The first-order chi connectivity index (χ1) is 1.00. The van der Waals surface area contributed by atoms with Crippen LogP contribution in [0.5, 0.6) is 0 Å². The summed E-state index contributed by atoms with van der Waals surface area (Å²) in [5.41, 5.74) is 0. The van der Waals surface area contributed by atoms with Crippen LogP contribution in [0.1, 0.15) is 6.92 Å². The quantitative estimate of drug-likeness (QED) is 0.384. The van der Waals surface area contributed by atoms with E-state index in [1.807, 2.05) is 0 Å². The van der Waals surface area contributed by atoms with Crippen molar-refractivity contribution in [2.45, 2.75) is 6.92 Å². The average Bonchev–Trinajstić information content (AvgIpc) is 1.00. The molecule has 0 atom stereocenters. The maximum absolute atomic E-state index is 3.25. The third-order valence-corrected chi connectivity index (χ3v) is 0. The second kappa shape index (κ2) is 0. The van der Waals surface area contributed by atoms with E-state index >= 15 is 0 Å². The molecular formula is C2H5Rf2-. The molecule has 0 heterocycles. The van der Waals surface area contributed by atoms with Crippen LogP contribution in [0.3, 0.4) is 0 Å². The van der Waals surface area contributed by atoms with Gasteiger partial charge in [-0.15, -0.1) is 0 Å². The fourth-order valence-corrected chi connectivity index (χ4v) is 0. The van der Waals surface area contributed by atoms with Crippen molar-refractivity contribution in [3.05, 3.63) is 6.92 Å². The summed E-state index contributed by atoms with van der Waals surface area (Å²) in [5.74, 6) is 0. The van der Waals surface area contributed by atoms with E-state index in [0.717, 1.165) is 0 Å². The molecule has 0 aliphatic rings. The molecule has 2 heteroatoms. The Kier molecular flexibility index (Phi) is 0. The van der Waals surface area contributed by atoms with Crippen molar-refractivity contribution < 1.29 is 0 Å². The first-order valence-corrected chi connectivity index (χ1v) is 0.707. The Labute approximate surface area is 15.1 Å². The van der Waals surface area contributed by atoms with Gasteiger partial charge in [-0.2, -0.15) is 6.92 Å². The molecule has 0 saturated heterocycles. The molecule has 18 valence electrons. The zero-order valence-corrected chi connectivity index (χ0v) is 15.9. The third kappa shape index (κ3) is 0. The van der Waals surface area contributed by atoms with Gasteiger partial charge in [0.2, 0.25) is 0 Å². The number of hydrogen-bond acceptors (Lipinski definition) is 0. The first kappa shape index (κ1) is 2.00. The van der Waals surface area contributed by atoms with Gasteiger partial charge in [0.1, 0.15) is 0 Å². The van der Waals surface area contributed by atoms with Crippen LogP contribution in [0.4, 0.5) is 0 Å². The van der Waals surface area contributed by atoms with Crippen molar-refractivity contribution in [2.75, 3.05) is 0 Å². The molecule has 0 saturated carbocycles. The Balaban J connectivity index is -0.00000000500. The predicted octanol–water partition coefficient (Wildman–Crippen LogP) is 0.840. The van der Waals surface area contributed by atoms with Crippen LogP contribution < -0.4 is 0 Å². The van der Waals surface area contributed by atoms with Gasteiger partial charge in [0, 0.05) is 0 Å². The van der Waals surface area contributed by atoms with Crippen LogP contribution in [-0.4, -0.2) is 0 Å². The van der Waals surface area contributed by atoms with Crippen LogP contribution in [0.25, 0.3) is 0 Å². The second-order valence-electron chi connectivity index (χ2n) is 0. The molecule has 0 radical (unpaired) electrons. The summed E-state index contributed by atoms with van der Waals surface area (Å²) in [6, 6.07) is 0. The normalized spacial score (nSPS) is 1.50. The average molecular weight is 563 g/mol. The number of rotatable bonds is 0. The minimum atomic E-state index is 0. The summed E-state index contributed by atoms with van der Waals surface area (Å²) >= 11 is 0. The summed E-state index contributed by atoms with van der Waals surface area (Å²) < 4.78 is 0. The van der Waals surface area contributed by atoms with E-state index in [1.54, 1.807) is 6.92 Å². The zero-order valence-electron chi connectivity index (χ0n) is 3.12. The van der Waals surface area contributed by atoms with Crippen molar-refractivity contribution in [1.82, 2.24) is 0 Å². The molecule has 0 unspecified atom stereocenters. The van der Waals surface area contributed by atoms with Crippen LogP contribution in [0.15, 0.2) is 0 Å². The van der Waals surface area contributed by atoms with Crippen LogP contribution >= 0.6 is 0 Å². The Morgan fingerprint density at radius 2 is 1.00 bits per heavy atom. The minimum absolute atomic E-state index is 0. The van der Waals surface area contributed by atoms with Gasteiger partial charge < -0.3 is 6.92 Å². The van der Waals surface area contributed by atoms with E-state index in [0.29, 0.717) is 0 Å². The molecule has 0 aromatic carbocycles. The first-order valence-electron chi connectivity index (χ1n) is 0.707. The molecule has 0 rings (SSSR count). The van der Waals surface area contributed by atoms with E-state index < -0.39 is 0 Å². The maximum atomic E-state index is 3.25. The minimum Gasteiger partial charge on any atom is -0.346 e.